The molecule has 0 radical (unpaired) electrons. The molecule has 0 saturated carbocycles. The van der Waals surface area contributed by atoms with Gasteiger partial charge in [-0.3, -0.25) is 4.79 Å². The number of hydrogen-bond acceptors (Lipinski definition) is 3. The molecule has 0 aromatic heterocycles. The van der Waals surface area contributed by atoms with Crippen molar-refractivity contribution >= 4 is 34.0 Å². The van der Waals surface area contributed by atoms with E-state index in [2.05, 4.69) is 48.2 Å². The third-order valence-electron chi connectivity index (χ3n) is 3.27. The fraction of sp³-hybridized carbons (Fsp3) is 0.188. The van der Waals surface area contributed by atoms with E-state index in [0.29, 0.717) is 0 Å². The lowest BCUT2D eigenvalue weighted by Crippen LogP contribution is -2.17. The third kappa shape index (κ3) is 2.04. The Morgan fingerprint density at radius 3 is 2.79 bits per heavy atom. The summed E-state index contributed by atoms with van der Waals surface area (Å²) < 4.78 is 0. The lowest BCUT2D eigenvalue weighted by Gasteiger charge is -2.17. The Hall–Kier alpha value is -1.74. The van der Waals surface area contributed by atoms with Crippen molar-refractivity contribution in [3.8, 4) is 0 Å². The number of carbonyl (C=O) groups excluding carboxylic acids is 1. The van der Waals surface area contributed by atoms with Gasteiger partial charge >= 0.3 is 0 Å². The van der Waals surface area contributed by atoms with Crippen LogP contribution in [0.5, 0.6) is 0 Å². The summed E-state index contributed by atoms with van der Waals surface area (Å²) in [5.41, 5.74) is 1.21. The van der Waals surface area contributed by atoms with Gasteiger partial charge in [0, 0.05) is 17.5 Å². The van der Waals surface area contributed by atoms with E-state index in [1.165, 1.54) is 21.4 Å². The standard InChI is InChI=1S/C16H15NOS/c1-3-17-14-9-8-12-6-4-5-7-13(12)16(14)19-15(17)10-11(2)18/h4-10H,3H2,1-2H3/b15-10+. The zero-order valence-electron chi connectivity index (χ0n) is 11.0. The van der Waals surface area contributed by atoms with E-state index < -0.39 is 0 Å². The van der Waals surface area contributed by atoms with Gasteiger partial charge < -0.3 is 4.90 Å². The Bertz CT molecular complexity index is 690. The third-order valence-corrected chi connectivity index (χ3v) is 4.45. The van der Waals surface area contributed by atoms with Gasteiger partial charge in [-0.05, 0) is 30.7 Å². The number of allylic oxidation sites excluding steroid dienone is 1. The number of thioether (sulfide) groups is 1. The molecule has 1 heterocycles. The molecule has 0 saturated heterocycles. The van der Waals surface area contributed by atoms with Gasteiger partial charge in [0.15, 0.2) is 5.78 Å². The number of benzene rings is 2. The number of anilines is 1. The highest BCUT2D eigenvalue weighted by atomic mass is 32.2. The molecule has 0 bridgehead atoms. The Morgan fingerprint density at radius 1 is 1.26 bits per heavy atom. The summed E-state index contributed by atoms with van der Waals surface area (Å²) in [6.45, 7) is 4.58. The van der Waals surface area contributed by atoms with Crippen molar-refractivity contribution in [1.82, 2.24) is 0 Å². The van der Waals surface area contributed by atoms with E-state index in [4.69, 9.17) is 0 Å². The molecule has 0 atom stereocenters. The largest absolute Gasteiger partial charge is 0.335 e. The molecule has 0 spiro atoms. The molecular weight excluding hydrogens is 254 g/mol. The first-order valence-electron chi connectivity index (χ1n) is 6.40. The zero-order valence-corrected chi connectivity index (χ0v) is 11.8. The SMILES string of the molecule is CCN1/C(=C\C(C)=O)Sc2c1ccc1ccccc21. The van der Waals surface area contributed by atoms with Crippen LogP contribution in [0, 0.1) is 0 Å². The molecule has 0 N–H and O–H groups in total. The second-order valence-corrected chi connectivity index (χ2v) is 5.61. The second kappa shape index (κ2) is 4.74. The second-order valence-electron chi connectivity index (χ2n) is 4.57. The molecule has 0 amide bonds. The fourth-order valence-corrected chi connectivity index (χ4v) is 3.79. The lowest BCUT2D eigenvalue weighted by molar-refractivity contribution is -0.112. The van der Waals surface area contributed by atoms with Gasteiger partial charge in [0.05, 0.1) is 10.7 Å². The average Bonchev–Trinajstić information content (AvgIpc) is 2.75. The van der Waals surface area contributed by atoms with E-state index in [9.17, 15) is 4.79 Å². The van der Waals surface area contributed by atoms with E-state index in [-0.39, 0.29) is 5.78 Å². The smallest absolute Gasteiger partial charge is 0.155 e. The number of nitrogens with zero attached hydrogens (tertiary/aromatic N) is 1. The molecule has 96 valence electrons. The maximum Gasteiger partial charge on any atom is 0.155 e. The van der Waals surface area contributed by atoms with Crippen LogP contribution >= 0.6 is 11.8 Å². The van der Waals surface area contributed by atoms with Crippen LogP contribution in [-0.4, -0.2) is 12.3 Å². The monoisotopic (exact) mass is 269 g/mol. The maximum absolute atomic E-state index is 11.4. The molecule has 2 aromatic carbocycles. The van der Waals surface area contributed by atoms with Crippen LogP contribution in [0.1, 0.15) is 13.8 Å². The van der Waals surface area contributed by atoms with Crippen molar-refractivity contribution < 1.29 is 4.79 Å². The normalized spacial score (nSPS) is 16.1. The number of hydrogen-bond donors (Lipinski definition) is 0. The quantitative estimate of drug-likeness (QED) is 0.762. The molecule has 1 aliphatic heterocycles. The van der Waals surface area contributed by atoms with Gasteiger partial charge in [0.2, 0.25) is 0 Å². The summed E-state index contributed by atoms with van der Waals surface area (Å²) in [7, 11) is 0. The molecule has 0 aliphatic carbocycles. The zero-order chi connectivity index (χ0) is 13.4. The minimum Gasteiger partial charge on any atom is -0.335 e. The number of rotatable bonds is 2. The van der Waals surface area contributed by atoms with E-state index in [0.717, 1.165) is 11.6 Å². The van der Waals surface area contributed by atoms with Crippen molar-refractivity contribution in [2.45, 2.75) is 18.7 Å². The molecule has 1 aliphatic rings. The summed E-state index contributed by atoms with van der Waals surface area (Å²) >= 11 is 1.69. The fourth-order valence-electron chi connectivity index (χ4n) is 2.44. The molecule has 2 nitrogen and oxygen atoms in total. The summed E-state index contributed by atoms with van der Waals surface area (Å²) in [4.78, 5) is 14.8. The van der Waals surface area contributed by atoms with Crippen LogP contribution < -0.4 is 4.90 Å². The first kappa shape index (κ1) is 12.3. The van der Waals surface area contributed by atoms with Gasteiger partial charge in [0.1, 0.15) is 0 Å². The topological polar surface area (TPSA) is 20.3 Å². The van der Waals surface area contributed by atoms with Crippen molar-refractivity contribution in [2.75, 3.05) is 11.4 Å². The molecule has 0 fully saturated rings. The number of ketones is 1. The average molecular weight is 269 g/mol. The molecule has 3 heteroatoms. The minimum absolute atomic E-state index is 0.0954. The minimum atomic E-state index is 0.0954. The van der Waals surface area contributed by atoms with Crippen LogP contribution in [0.15, 0.2) is 52.4 Å². The van der Waals surface area contributed by atoms with Crippen LogP contribution in [0.25, 0.3) is 10.8 Å². The molecule has 0 unspecified atom stereocenters. The van der Waals surface area contributed by atoms with Crippen LogP contribution in [0.4, 0.5) is 5.69 Å². The highest BCUT2D eigenvalue weighted by Gasteiger charge is 2.25. The summed E-state index contributed by atoms with van der Waals surface area (Å²) in [5.74, 6) is 0.0954. The lowest BCUT2D eigenvalue weighted by atomic mass is 10.1. The van der Waals surface area contributed by atoms with Gasteiger partial charge in [-0.1, -0.05) is 42.1 Å². The van der Waals surface area contributed by atoms with Crippen molar-refractivity contribution in [3.05, 3.63) is 47.5 Å². The Balaban J connectivity index is 2.20. The summed E-state index contributed by atoms with van der Waals surface area (Å²) in [6, 6.07) is 12.7. The Labute approximate surface area is 117 Å². The van der Waals surface area contributed by atoms with Crippen LogP contribution in [0.2, 0.25) is 0 Å². The highest BCUT2D eigenvalue weighted by Crippen LogP contribution is 2.49. The van der Waals surface area contributed by atoms with Crippen molar-refractivity contribution in [3.63, 3.8) is 0 Å². The Morgan fingerprint density at radius 2 is 2.05 bits per heavy atom. The van der Waals surface area contributed by atoms with Crippen LogP contribution in [-0.2, 0) is 4.79 Å². The van der Waals surface area contributed by atoms with E-state index in [1.807, 2.05) is 0 Å². The maximum atomic E-state index is 11.4. The van der Waals surface area contributed by atoms with Crippen molar-refractivity contribution in [2.24, 2.45) is 0 Å². The van der Waals surface area contributed by atoms with Gasteiger partial charge in [-0.15, -0.1) is 0 Å². The predicted molar refractivity (Wildman–Crippen MR) is 81.6 cm³/mol. The highest BCUT2D eigenvalue weighted by molar-refractivity contribution is 8.04. The van der Waals surface area contributed by atoms with Gasteiger partial charge in [0.25, 0.3) is 0 Å². The summed E-state index contributed by atoms with van der Waals surface area (Å²) in [6.07, 6.45) is 1.73. The summed E-state index contributed by atoms with van der Waals surface area (Å²) in [5, 5.41) is 3.53. The first-order valence-corrected chi connectivity index (χ1v) is 7.21. The first-order chi connectivity index (χ1) is 9.20. The predicted octanol–water partition coefficient (Wildman–Crippen LogP) is 4.20. The molecular formula is C16H15NOS. The molecule has 2 aromatic rings. The number of carbonyl (C=O) groups is 1. The number of fused-ring (bicyclic) bond motifs is 3. The molecule has 3 rings (SSSR count). The van der Waals surface area contributed by atoms with E-state index in [1.54, 1.807) is 24.8 Å². The van der Waals surface area contributed by atoms with Gasteiger partial charge in [-0.2, -0.15) is 0 Å². The Kier molecular flexibility index (Phi) is 3.07. The van der Waals surface area contributed by atoms with Crippen LogP contribution in [0.3, 0.4) is 0 Å². The van der Waals surface area contributed by atoms with Crippen molar-refractivity contribution in [1.29, 1.82) is 0 Å². The van der Waals surface area contributed by atoms with Gasteiger partial charge in [-0.25, -0.2) is 0 Å². The van der Waals surface area contributed by atoms with E-state index >= 15 is 0 Å². The molecule has 19 heavy (non-hydrogen) atoms.